The molecular weight excluding hydrogens is 713 g/mol. The van der Waals surface area contributed by atoms with Crippen molar-refractivity contribution in [2.45, 2.75) is 48.5 Å². The molecule has 0 radical (unpaired) electrons. The van der Waals surface area contributed by atoms with Crippen LogP contribution in [-0.4, -0.2) is 6.71 Å². The third-order valence-corrected chi connectivity index (χ3v) is 11.9. The standard InChI is InChI=1S/C55H50BN3/c1-37-13-21-45(22-14-37)57(46-23-15-38(2)16-24-46)49-29-31-51-53(35-49)59(44-11-9-8-10-12-44)54-36-50(30-32-52(54)56(51)55-42(6)33-41(5)34-43(55)7)58(47-25-17-39(3)18-26-47)48-27-19-40(4)20-28-48/h8-36H,1-7H3. The molecule has 1 heterocycles. The molecule has 0 bridgehead atoms. The quantitative estimate of drug-likeness (QED) is 0.143. The Hall–Kier alpha value is -6.78. The van der Waals surface area contributed by atoms with Crippen LogP contribution in [0.5, 0.6) is 0 Å². The number of aryl methyl sites for hydroxylation is 7. The second kappa shape index (κ2) is 15.5. The van der Waals surface area contributed by atoms with Gasteiger partial charge in [-0.15, -0.1) is 0 Å². The molecular formula is C55H50BN3. The van der Waals surface area contributed by atoms with Gasteiger partial charge in [-0.25, -0.2) is 0 Å². The van der Waals surface area contributed by atoms with E-state index in [9.17, 15) is 0 Å². The first-order valence-electron chi connectivity index (χ1n) is 20.7. The minimum Gasteiger partial charge on any atom is -0.311 e. The molecule has 1 aliphatic heterocycles. The molecule has 0 saturated carbocycles. The molecule has 59 heavy (non-hydrogen) atoms. The highest BCUT2D eigenvalue weighted by molar-refractivity contribution is 6.98. The van der Waals surface area contributed by atoms with Gasteiger partial charge >= 0.3 is 0 Å². The minimum absolute atomic E-state index is 0.0167. The lowest BCUT2D eigenvalue weighted by Gasteiger charge is -2.39. The number of para-hydroxylation sites is 1. The van der Waals surface area contributed by atoms with Gasteiger partial charge in [0.25, 0.3) is 0 Å². The summed E-state index contributed by atoms with van der Waals surface area (Å²) in [6, 6.07) is 65.4. The van der Waals surface area contributed by atoms with Crippen LogP contribution >= 0.6 is 0 Å². The fraction of sp³-hybridized carbons (Fsp3) is 0.127. The molecule has 0 N–H and O–H groups in total. The zero-order valence-electron chi connectivity index (χ0n) is 35.2. The van der Waals surface area contributed by atoms with Gasteiger partial charge in [-0.2, -0.15) is 0 Å². The Morgan fingerprint density at radius 1 is 0.339 bits per heavy atom. The molecule has 3 nitrogen and oxygen atoms in total. The number of benzene rings is 8. The largest absolute Gasteiger partial charge is 0.311 e. The van der Waals surface area contributed by atoms with Crippen molar-refractivity contribution < 1.29 is 0 Å². The summed E-state index contributed by atoms with van der Waals surface area (Å²) >= 11 is 0. The molecule has 9 rings (SSSR count). The van der Waals surface area contributed by atoms with Crippen molar-refractivity contribution >= 4 is 74.3 Å². The topological polar surface area (TPSA) is 9.72 Å². The van der Waals surface area contributed by atoms with Crippen LogP contribution in [-0.2, 0) is 0 Å². The van der Waals surface area contributed by atoms with Gasteiger partial charge in [0.1, 0.15) is 0 Å². The van der Waals surface area contributed by atoms with E-state index in [-0.39, 0.29) is 6.71 Å². The van der Waals surface area contributed by atoms with Gasteiger partial charge in [0, 0.05) is 51.2 Å². The molecule has 0 aromatic heterocycles. The van der Waals surface area contributed by atoms with Crippen molar-refractivity contribution in [1.82, 2.24) is 0 Å². The van der Waals surface area contributed by atoms with Gasteiger partial charge in [0.2, 0.25) is 6.71 Å². The Bertz CT molecular complexity index is 2510. The summed E-state index contributed by atoms with van der Waals surface area (Å²) in [5.41, 5.74) is 23.0. The van der Waals surface area contributed by atoms with E-state index < -0.39 is 0 Å². The first-order chi connectivity index (χ1) is 28.6. The SMILES string of the molecule is Cc1ccc(N(c2ccc(C)cc2)c2ccc3c(c2)N(c2ccccc2)c2cc(N(c4ccc(C)cc4)c4ccc(C)cc4)ccc2B3c2c(C)cc(C)cc2C)cc1. The van der Waals surface area contributed by atoms with E-state index >= 15 is 0 Å². The summed E-state index contributed by atoms with van der Waals surface area (Å²) in [4.78, 5) is 7.28. The number of fused-ring (bicyclic) bond motifs is 2. The highest BCUT2D eigenvalue weighted by Crippen LogP contribution is 2.44. The van der Waals surface area contributed by atoms with Gasteiger partial charge < -0.3 is 14.7 Å². The van der Waals surface area contributed by atoms with Crippen molar-refractivity contribution in [2.75, 3.05) is 14.7 Å². The van der Waals surface area contributed by atoms with Gasteiger partial charge in [0.15, 0.2) is 0 Å². The zero-order chi connectivity index (χ0) is 40.8. The average molecular weight is 764 g/mol. The number of hydrogen-bond donors (Lipinski definition) is 0. The summed E-state index contributed by atoms with van der Waals surface area (Å²) < 4.78 is 0. The highest BCUT2D eigenvalue weighted by atomic mass is 15.2. The zero-order valence-corrected chi connectivity index (χ0v) is 35.2. The van der Waals surface area contributed by atoms with Crippen molar-refractivity contribution in [1.29, 1.82) is 0 Å². The van der Waals surface area contributed by atoms with Crippen LogP contribution in [0.1, 0.15) is 38.9 Å². The molecule has 0 aliphatic carbocycles. The van der Waals surface area contributed by atoms with Crippen LogP contribution < -0.4 is 31.1 Å². The number of nitrogens with zero attached hydrogens (tertiary/aromatic N) is 3. The highest BCUT2D eigenvalue weighted by Gasteiger charge is 2.38. The molecule has 288 valence electrons. The lowest BCUT2D eigenvalue weighted by molar-refractivity contribution is 1.23. The van der Waals surface area contributed by atoms with Crippen LogP contribution in [0.25, 0.3) is 0 Å². The third kappa shape index (κ3) is 7.21. The Morgan fingerprint density at radius 2 is 0.678 bits per heavy atom. The summed E-state index contributed by atoms with van der Waals surface area (Å²) in [6.45, 7) is 15.4. The van der Waals surface area contributed by atoms with Crippen molar-refractivity contribution in [2.24, 2.45) is 0 Å². The molecule has 0 unspecified atom stereocenters. The summed E-state index contributed by atoms with van der Waals surface area (Å²) in [5, 5.41) is 0. The van der Waals surface area contributed by atoms with E-state index in [2.05, 4.69) is 239 Å². The van der Waals surface area contributed by atoms with Gasteiger partial charge in [-0.3, -0.25) is 0 Å². The van der Waals surface area contributed by atoms with E-state index in [1.807, 2.05) is 0 Å². The predicted molar refractivity (Wildman–Crippen MR) is 255 cm³/mol. The van der Waals surface area contributed by atoms with E-state index in [4.69, 9.17) is 0 Å². The third-order valence-electron chi connectivity index (χ3n) is 11.9. The monoisotopic (exact) mass is 763 g/mol. The fourth-order valence-corrected chi connectivity index (χ4v) is 9.00. The maximum atomic E-state index is 2.50. The molecule has 4 heteroatoms. The van der Waals surface area contributed by atoms with Gasteiger partial charge in [-0.05, 0) is 144 Å². The number of rotatable bonds is 8. The smallest absolute Gasteiger partial charge is 0.247 e. The van der Waals surface area contributed by atoms with Crippen molar-refractivity contribution in [3.05, 3.63) is 215 Å². The first-order valence-corrected chi connectivity index (χ1v) is 20.7. The number of hydrogen-bond acceptors (Lipinski definition) is 3. The van der Waals surface area contributed by atoms with Crippen molar-refractivity contribution in [3.63, 3.8) is 0 Å². The molecule has 0 amide bonds. The molecule has 8 aromatic rings. The predicted octanol–water partition coefficient (Wildman–Crippen LogP) is 13.1. The Labute approximate surface area is 350 Å². The molecule has 0 atom stereocenters. The Balaban J connectivity index is 1.33. The molecule has 0 saturated heterocycles. The first kappa shape index (κ1) is 37.8. The maximum absolute atomic E-state index is 2.50. The van der Waals surface area contributed by atoms with Crippen LogP contribution in [0.15, 0.2) is 176 Å². The molecule has 0 fully saturated rings. The second-order valence-electron chi connectivity index (χ2n) is 16.4. The Morgan fingerprint density at radius 3 is 1.03 bits per heavy atom. The van der Waals surface area contributed by atoms with Gasteiger partial charge in [-0.1, -0.05) is 135 Å². The lowest BCUT2D eigenvalue weighted by Crippen LogP contribution is -2.58. The molecule has 1 aliphatic rings. The van der Waals surface area contributed by atoms with Crippen LogP contribution in [0.4, 0.5) is 51.2 Å². The summed E-state index contributed by atoms with van der Waals surface area (Å²) in [6.07, 6.45) is 0. The number of anilines is 9. The van der Waals surface area contributed by atoms with Crippen LogP contribution in [0.2, 0.25) is 0 Å². The fourth-order valence-electron chi connectivity index (χ4n) is 9.00. The van der Waals surface area contributed by atoms with Crippen LogP contribution in [0, 0.1) is 48.5 Å². The van der Waals surface area contributed by atoms with E-state index in [0.717, 1.165) is 39.8 Å². The van der Waals surface area contributed by atoms with Crippen LogP contribution in [0.3, 0.4) is 0 Å². The maximum Gasteiger partial charge on any atom is 0.247 e. The van der Waals surface area contributed by atoms with Gasteiger partial charge in [0.05, 0.1) is 0 Å². The second-order valence-corrected chi connectivity index (χ2v) is 16.4. The molecule has 0 spiro atoms. The summed E-state index contributed by atoms with van der Waals surface area (Å²) in [7, 11) is 0. The lowest BCUT2D eigenvalue weighted by atomic mass is 9.34. The average Bonchev–Trinajstić information content (AvgIpc) is 3.23. The molecule has 8 aromatic carbocycles. The normalized spacial score (nSPS) is 11.9. The van der Waals surface area contributed by atoms with E-state index in [1.54, 1.807) is 0 Å². The minimum atomic E-state index is 0.0167. The summed E-state index contributed by atoms with van der Waals surface area (Å²) in [5.74, 6) is 0. The Kier molecular flexibility index (Phi) is 9.94. The van der Waals surface area contributed by atoms with Crippen molar-refractivity contribution in [3.8, 4) is 0 Å². The van der Waals surface area contributed by atoms with E-state index in [0.29, 0.717) is 0 Å². The van der Waals surface area contributed by atoms with E-state index in [1.165, 1.54) is 66.7 Å².